The van der Waals surface area contributed by atoms with E-state index >= 15 is 0 Å². The minimum absolute atomic E-state index is 0.0757. The van der Waals surface area contributed by atoms with Gasteiger partial charge in [0.1, 0.15) is 17.1 Å². The molecule has 4 aromatic rings. The molecule has 4 aromatic carbocycles. The Hall–Kier alpha value is -7.14. The summed E-state index contributed by atoms with van der Waals surface area (Å²) in [6.07, 6.45) is -15.2. The number of carbonyl (C=O) groups is 3. The third-order valence-electron chi connectivity index (χ3n) is 7.03. The van der Waals surface area contributed by atoms with Crippen molar-refractivity contribution in [3.8, 4) is 0 Å². The summed E-state index contributed by atoms with van der Waals surface area (Å²) in [5.74, 6) is -4.37. The fourth-order valence-electron chi connectivity index (χ4n) is 4.50. The smallest absolute Gasteiger partial charge is 0.316 e. The number of alkyl halides is 9. The lowest BCUT2D eigenvalue weighted by Gasteiger charge is -2.13. The van der Waals surface area contributed by atoms with E-state index in [1.54, 1.807) is 0 Å². The van der Waals surface area contributed by atoms with Crippen molar-refractivity contribution in [1.29, 1.82) is 0 Å². The number of hydrogen-bond donors (Lipinski definition) is 3. The number of halogens is 9. The highest BCUT2D eigenvalue weighted by atomic mass is 19.4. The highest BCUT2D eigenvalue weighted by Gasteiger charge is 2.36. The quantitative estimate of drug-likeness (QED) is 0.0846. The maximum atomic E-state index is 13.3. The van der Waals surface area contributed by atoms with Crippen LogP contribution in [0.2, 0.25) is 0 Å². The van der Waals surface area contributed by atoms with Crippen LogP contribution in [0.1, 0.15) is 47.8 Å². The highest BCUT2D eigenvalue weighted by molar-refractivity contribution is 6.13. The van der Waals surface area contributed by atoms with Crippen LogP contribution in [0, 0.1) is 30.3 Å². The van der Waals surface area contributed by atoms with Crippen LogP contribution >= 0.6 is 0 Å². The molecule has 0 heterocycles. The number of amides is 3. The highest BCUT2D eigenvalue weighted by Crippen LogP contribution is 2.38. The van der Waals surface area contributed by atoms with Gasteiger partial charge in [0.25, 0.3) is 34.8 Å². The average Bonchev–Trinajstić information content (AvgIpc) is 3.06. The molecule has 3 amide bonds. The summed E-state index contributed by atoms with van der Waals surface area (Å²) in [6.45, 7) is 0. The molecular formula is C30H15F9N6O9. The second-order valence-electron chi connectivity index (χ2n) is 10.6. The van der Waals surface area contributed by atoms with Gasteiger partial charge in [-0.25, -0.2) is 0 Å². The van der Waals surface area contributed by atoms with Gasteiger partial charge in [0.15, 0.2) is 0 Å². The van der Waals surface area contributed by atoms with Gasteiger partial charge in [-0.1, -0.05) is 0 Å². The SMILES string of the molecule is O=C(Nc1ccc(C(F)(F)F)cc1[N+](=O)[O-])c1cc(C(=O)Nc2ccc(C(F)(F)F)cc2[N+](=O)[O-])cc(C(=O)Nc2ccc(C(F)(F)F)cc2[N+](=O)[O-])c1. The lowest BCUT2D eigenvalue weighted by atomic mass is 10.0. The Bertz CT molecular complexity index is 1980. The van der Waals surface area contributed by atoms with Crippen molar-refractivity contribution < 1.29 is 68.7 Å². The lowest BCUT2D eigenvalue weighted by Crippen LogP contribution is -2.20. The van der Waals surface area contributed by atoms with E-state index in [2.05, 4.69) is 0 Å². The molecule has 0 aliphatic carbocycles. The molecule has 0 saturated heterocycles. The van der Waals surface area contributed by atoms with Gasteiger partial charge in [-0.05, 0) is 54.6 Å². The van der Waals surface area contributed by atoms with Crippen LogP contribution in [0.5, 0.6) is 0 Å². The number of nitrogens with one attached hydrogen (secondary N) is 3. The topological polar surface area (TPSA) is 217 Å². The summed E-state index contributed by atoms with van der Waals surface area (Å²) in [5, 5.41) is 40.3. The first-order chi connectivity index (χ1) is 24.9. The predicted molar refractivity (Wildman–Crippen MR) is 165 cm³/mol. The molecule has 4 rings (SSSR count). The lowest BCUT2D eigenvalue weighted by molar-refractivity contribution is -0.384. The third-order valence-corrected chi connectivity index (χ3v) is 7.03. The van der Waals surface area contributed by atoms with Gasteiger partial charge in [0, 0.05) is 34.9 Å². The van der Waals surface area contributed by atoms with Crippen LogP contribution in [0.15, 0.2) is 72.8 Å². The standard InChI is InChI=1S/C30H15F9N6O9/c31-28(32,33)16-1-4-19(22(10-16)43(49)50)40-25(46)13-7-14(26(47)41-20-5-2-17(29(34,35)36)11-23(20)44(51)52)9-15(8-13)27(48)42-21-6-3-18(30(37,38)39)12-24(21)45(53)54/h1-12H,(H,40,46)(H,41,47)(H,42,48). The van der Waals surface area contributed by atoms with E-state index in [0.29, 0.717) is 54.6 Å². The Morgan fingerprint density at radius 1 is 0.426 bits per heavy atom. The van der Waals surface area contributed by atoms with E-state index in [-0.39, 0.29) is 18.2 Å². The predicted octanol–water partition coefficient (Wildman–Crippen LogP) is 8.22. The zero-order valence-electron chi connectivity index (χ0n) is 25.8. The van der Waals surface area contributed by atoms with E-state index < -0.39 is 119 Å². The van der Waals surface area contributed by atoms with Gasteiger partial charge in [-0.3, -0.25) is 44.7 Å². The first kappa shape index (κ1) is 39.6. The number of anilines is 3. The van der Waals surface area contributed by atoms with Crippen molar-refractivity contribution in [3.63, 3.8) is 0 Å². The minimum atomic E-state index is -5.05. The molecule has 0 aromatic heterocycles. The summed E-state index contributed by atoms with van der Waals surface area (Å²) >= 11 is 0. The minimum Gasteiger partial charge on any atom is -0.316 e. The van der Waals surface area contributed by atoms with Crippen LogP contribution in [-0.4, -0.2) is 32.5 Å². The zero-order chi connectivity index (χ0) is 40.5. The first-order valence-corrected chi connectivity index (χ1v) is 14.0. The summed E-state index contributed by atoms with van der Waals surface area (Å²) in [7, 11) is 0. The molecule has 3 N–H and O–H groups in total. The molecule has 0 fully saturated rings. The van der Waals surface area contributed by atoms with Crippen molar-refractivity contribution in [1.82, 2.24) is 0 Å². The molecule has 0 unspecified atom stereocenters. The fourth-order valence-corrected chi connectivity index (χ4v) is 4.50. The van der Waals surface area contributed by atoms with Gasteiger partial charge in [-0.15, -0.1) is 0 Å². The van der Waals surface area contributed by atoms with Crippen LogP contribution < -0.4 is 16.0 Å². The van der Waals surface area contributed by atoms with Gasteiger partial charge < -0.3 is 16.0 Å². The second kappa shape index (κ2) is 14.5. The molecule has 282 valence electrons. The first-order valence-electron chi connectivity index (χ1n) is 14.0. The Morgan fingerprint density at radius 3 is 0.833 bits per heavy atom. The van der Waals surface area contributed by atoms with Crippen LogP contribution in [0.4, 0.5) is 73.6 Å². The Kier molecular flexibility index (Phi) is 10.6. The molecule has 54 heavy (non-hydrogen) atoms. The summed E-state index contributed by atoms with van der Waals surface area (Å²) in [4.78, 5) is 70.5. The summed E-state index contributed by atoms with van der Waals surface area (Å²) in [5.41, 5.74) is -13.2. The summed E-state index contributed by atoms with van der Waals surface area (Å²) < 4.78 is 118. The van der Waals surface area contributed by atoms with Crippen molar-refractivity contribution >= 4 is 51.8 Å². The van der Waals surface area contributed by atoms with E-state index in [4.69, 9.17) is 0 Å². The van der Waals surface area contributed by atoms with Gasteiger partial charge in [0.2, 0.25) is 0 Å². The Morgan fingerprint density at radius 2 is 0.648 bits per heavy atom. The van der Waals surface area contributed by atoms with Crippen molar-refractivity contribution in [2.45, 2.75) is 18.5 Å². The van der Waals surface area contributed by atoms with E-state index in [0.717, 1.165) is 0 Å². The average molecular weight is 774 g/mol. The van der Waals surface area contributed by atoms with E-state index in [1.807, 2.05) is 16.0 Å². The number of benzene rings is 4. The maximum Gasteiger partial charge on any atom is 0.416 e. The molecular weight excluding hydrogens is 759 g/mol. The molecule has 0 bridgehead atoms. The van der Waals surface area contributed by atoms with Crippen molar-refractivity contribution in [3.05, 3.63) is 137 Å². The Balaban J connectivity index is 1.81. The second-order valence-corrected chi connectivity index (χ2v) is 10.6. The fraction of sp³-hybridized carbons (Fsp3) is 0.100. The zero-order valence-corrected chi connectivity index (χ0v) is 25.8. The largest absolute Gasteiger partial charge is 0.416 e. The monoisotopic (exact) mass is 774 g/mol. The Labute approximate surface area is 291 Å². The van der Waals surface area contributed by atoms with Gasteiger partial charge in [0.05, 0.1) is 31.5 Å². The molecule has 0 aliphatic rings. The number of rotatable bonds is 9. The number of nitro benzene ring substituents is 3. The molecule has 0 aliphatic heterocycles. The van der Waals surface area contributed by atoms with Crippen LogP contribution in [0.25, 0.3) is 0 Å². The van der Waals surface area contributed by atoms with Gasteiger partial charge in [-0.2, -0.15) is 39.5 Å². The number of carbonyl (C=O) groups excluding carboxylic acids is 3. The summed E-state index contributed by atoms with van der Waals surface area (Å²) in [6, 6.07) is 4.70. The van der Waals surface area contributed by atoms with Crippen LogP contribution in [0.3, 0.4) is 0 Å². The van der Waals surface area contributed by atoms with Gasteiger partial charge >= 0.3 is 18.5 Å². The van der Waals surface area contributed by atoms with Crippen molar-refractivity contribution in [2.75, 3.05) is 16.0 Å². The number of hydrogen-bond acceptors (Lipinski definition) is 9. The van der Waals surface area contributed by atoms with E-state index in [9.17, 15) is 84.2 Å². The normalized spacial score (nSPS) is 11.7. The van der Waals surface area contributed by atoms with Crippen LogP contribution in [-0.2, 0) is 18.5 Å². The molecule has 15 nitrogen and oxygen atoms in total. The number of nitrogens with zero attached hydrogens (tertiary/aromatic N) is 3. The molecule has 0 spiro atoms. The molecule has 0 saturated carbocycles. The number of nitro groups is 3. The molecule has 24 heteroatoms. The maximum absolute atomic E-state index is 13.3. The van der Waals surface area contributed by atoms with Crippen molar-refractivity contribution in [2.24, 2.45) is 0 Å². The molecule has 0 radical (unpaired) electrons. The van der Waals surface area contributed by atoms with E-state index in [1.165, 1.54) is 0 Å². The molecule has 0 atom stereocenters. The third kappa shape index (κ3) is 9.01.